The number of rotatable bonds is 1. The van der Waals surface area contributed by atoms with Gasteiger partial charge in [0.15, 0.2) is 5.72 Å². The second-order valence-electron chi connectivity index (χ2n) is 9.80. The molecule has 29 heavy (non-hydrogen) atoms. The molecule has 1 N–H and O–H groups in total. The van der Waals surface area contributed by atoms with Gasteiger partial charge in [-0.05, 0) is 50.7 Å². The lowest BCUT2D eigenvalue weighted by molar-refractivity contribution is -0.180. The van der Waals surface area contributed by atoms with Gasteiger partial charge in [0.25, 0.3) is 5.91 Å². The van der Waals surface area contributed by atoms with Gasteiger partial charge >= 0.3 is 0 Å². The minimum atomic E-state index is -0.694. The topological polar surface area (TPSA) is 67.9 Å². The van der Waals surface area contributed by atoms with Crippen molar-refractivity contribution >= 4 is 11.8 Å². The Kier molecular flexibility index (Phi) is 4.21. The van der Waals surface area contributed by atoms with Gasteiger partial charge in [0.1, 0.15) is 5.75 Å². The van der Waals surface area contributed by atoms with Gasteiger partial charge in [-0.25, -0.2) is 0 Å². The highest BCUT2D eigenvalue weighted by Crippen LogP contribution is 2.59. The average Bonchev–Trinajstić information content (AvgIpc) is 2.66. The SMILES string of the molecule is CC1CN(C(=O)C2CC3CCC2(C)CC32NC(=O)c3ccccc3O2)CC(C)O1. The maximum absolute atomic E-state index is 13.5. The summed E-state index contributed by atoms with van der Waals surface area (Å²) in [6.45, 7) is 7.58. The Labute approximate surface area is 171 Å². The first-order chi connectivity index (χ1) is 13.8. The van der Waals surface area contributed by atoms with Crippen molar-refractivity contribution in [3.63, 3.8) is 0 Å². The summed E-state index contributed by atoms with van der Waals surface area (Å²) in [7, 11) is 0. The maximum atomic E-state index is 13.5. The highest BCUT2D eigenvalue weighted by Gasteiger charge is 2.62. The Balaban J connectivity index is 1.41. The molecule has 6 nitrogen and oxygen atoms in total. The highest BCUT2D eigenvalue weighted by atomic mass is 16.5. The Bertz CT molecular complexity index is 847. The van der Waals surface area contributed by atoms with Crippen LogP contribution in [0.1, 0.15) is 56.8 Å². The van der Waals surface area contributed by atoms with Crippen molar-refractivity contribution in [2.45, 2.75) is 64.4 Å². The number of hydrogen-bond acceptors (Lipinski definition) is 4. The van der Waals surface area contributed by atoms with Gasteiger partial charge in [-0.2, -0.15) is 0 Å². The summed E-state index contributed by atoms with van der Waals surface area (Å²) in [4.78, 5) is 28.3. The third-order valence-electron chi connectivity index (χ3n) is 7.53. The predicted octanol–water partition coefficient (Wildman–Crippen LogP) is 2.97. The van der Waals surface area contributed by atoms with Crippen LogP contribution in [-0.4, -0.2) is 47.7 Å². The van der Waals surface area contributed by atoms with Gasteiger partial charge in [-0.15, -0.1) is 0 Å². The molecule has 2 bridgehead atoms. The van der Waals surface area contributed by atoms with E-state index < -0.39 is 5.72 Å². The number of nitrogens with zero attached hydrogens (tertiary/aromatic N) is 1. The zero-order valence-electron chi connectivity index (χ0n) is 17.4. The molecule has 5 aliphatic rings. The summed E-state index contributed by atoms with van der Waals surface area (Å²) in [5.74, 6) is 0.956. The van der Waals surface area contributed by atoms with Crippen LogP contribution < -0.4 is 10.1 Å². The normalized spacial score (nSPS) is 40.9. The minimum Gasteiger partial charge on any atom is -0.467 e. The molecule has 1 spiro atoms. The summed E-state index contributed by atoms with van der Waals surface area (Å²) in [5.41, 5.74) is -0.287. The Morgan fingerprint density at radius 2 is 1.93 bits per heavy atom. The lowest BCUT2D eigenvalue weighted by atomic mass is 9.52. The van der Waals surface area contributed by atoms with E-state index in [1.54, 1.807) is 6.07 Å². The van der Waals surface area contributed by atoms with E-state index >= 15 is 0 Å². The summed E-state index contributed by atoms with van der Waals surface area (Å²) in [6, 6.07) is 7.43. The number of fused-ring (bicyclic) bond motifs is 3. The molecule has 3 saturated carbocycles. The van der Waals surface area contributed by atoms with Crippen LogP contribution in [0, 0.1) is 17.3 Å². The summed E-state index contributed by atoms with van der Waals surface area (Å²) in [6.07, 6.45) is 3.54. The molecule has 1 saturated heterocycles. The molecule has 6 rings (SSSR count). The smallest absolute Gasteiger partial charge is 0.258 e. The first-order valence-corrected chi connectivity index (χ1v) is 10.8. The van der Waals surface area contributed by atoms with E-state index in [1.807, 2.05) is 36.9 Å². The number of amides is 2. The molecule has 1 aromatic carbocycles. The number of carbonyl (C=O) groups excluding carboxylic acids is 2. The van der Waals surface area contributed by atoms with Gasteiger partial charge in [0, 0.05) is 31.3 Å². The fourth-order valence-electron chi connectivity index (χ4n) is 6.21. The molecule has 4 fully saturated rings. The molecular formula is C23H30N2O4. The second kappa shape index (κ2) is 6.46. The molecule has 6 atom stereocenters. The highest BCUT2D eigenvalue weighted by molar-refractivity contribution is 5.98. The largest absolute Gasteiger partial charge is 0.467 e. The Morgan fingerprint density at radius 3 is 2.66 bits per heavy atom. The summed E-state index contributed by atoms with van der Waals surface area (Å²) >= 11 is 0. The first kappa shape index (κ1) is 18.9. The number of morpholine rings is 1. The van der Waals surface area contributed by atoms with E-state index in [0.29, 0.717) is 30.8 Å². The molecule has 3 aliphatic carbocycles. The third kappa shape index (κ3) is 2.95. The van der Waals surface area contributed by atoms with Crippen molar-refractivity contribution in [2.24, 2.45) is 17.3 Å². The summed E-state index contributed by atoms with van der Waals surface area (Å²) < 4.78 is 12.3. The molecule has 2 heterocycles. The zero-order chi connectivity index (χ0) is 20.4. The van der Waals surface area contributed by atoms with E-state index in [2.05, 4.69) is 12.2 Å². The van der Waals surface area contributed by atoms with Crippen LogP contribution in [0.15, 0.2) is 24.3 Å². The van der Waals surface area contributed by atoms with Gasteiger partial charge in [0.05, 0.1) is 17.8 Å². The van der Waals surface area contributed by atoms with Crippen molar-refractivity contribution in [3.8, 4) is 5.75 Å². The molecule has 156 valence electrons. The molecular weight excluding hydrogens is 368 g/mol. The fourth-order valence-corrected chi connectivity index (χ4v) is 6.21. The van der Waals surface area contributed by atoms with Gasteiger partial charge in [0.2, 0.25) is 5.91 Å². The standard InChI is InChI=1S/C23H30N2O4/c1-14-11-25(12-15(2)28-14)21(27)18-10-16-8-9-22(18,3)13-23(16)24-20(26)17-6-4-5-7-19(17)29-23/h4-7,14-16,18H,8-13H2,1-3H3,(H,24,26). The number of hydrogen-bond donors (Lipinski definition) is 1. The van der Waals surface area contributed by atoms with E-state index in [9.17, 15) is 9.59 Å². The number of benzene rings is 1. The molecule has 0 aromatic heterocycles. The molecule has 6 heteroatoms. The van der Waals surface area contributed by atoms with Crippen LogP contribution >= 0.6 is 0 Å². The van der Waals surface area contributed by atoms with E-state index in [4.69, 9.17) is 9.47 Å². The van der Waals surface area contributed by atoms with Crippen LogP contribution in [0.5, 0.6) is 5.75 Å². The number of carbonyl (C=O) groups is 2. The molecule has 1 aromatic rings. The average molecular weight is 399 g/mol. The molecule has 0 radical (unpaired) electrons. The zero-order valence-corrected chi connectivity index (χ0v) is 17.4. The van der Waals surface area contributed by atoms with Gasteiger partial charge in [-0.3, -0.25) is 9.59 Å². The molecule has 2 amide bonds. The van der Waals surface area contributed by atoms with Crippen molar-refractivity contribution in [1.29, 1.82) is 0 Å². The van der Waals surface area contributed by atoms with E-state index in [-0.39, 0.29) is 41.3 Å². The molecule has 2 aliphatic heterocycles. The third-order valence-corrected chi connectivity index (χ3v) is 7.53. The van der Waals surface area contributed by atoms with Crippen molar-refractivity contribution in [3.05, 3.63) is 29.8 Å². The van der Waals surface area contributed by atoms with Crippen LogP contribution in [-0.2, 0) is 9.53 Å². The lowest BCUT2D eigenvalue weighted by Crippen LogP contribution is -2.69. The quantitative estimate of drug-likeness (QED) is 0.790. The van der Waals surface area contributed by atoms with Gasteiger partial charge in [-0.1, -0.05) is 19.1 Å². The Morgan fingerprint density at radius 1 is 1.21 bits per heavy atom. The maximum Gasteiger partial charge on any atom is 0.258 e. The first-order valence-electron chi connectivity index (χ1n) is 10.8. The molecule has 6 unspecified atom stereocenters. The monoisotopic (exact) mass is 398 g/mol. The second-order valence-corrected chi connectivity index (χ2v) is 9.80. The van der Waals surface area contributed by atoms with Crippen LogP contribution in [0.2, 0.25) is 0 Å². The van der Waals surface area contributed by atoms with E-state index in [0.717, 1.165) is 19.3 Å². The number of nitrogens with one attached hydrogen (secondary N) is 1. The van der Waals surface area contributed by atoms with Crippen molar-refractivity contribution in [2.75, 3.05) is 13.1 Å². The minimum absolute atomic E-state index is 0.0259. The lowest BCUT2D eigenvalue weighted by Gasteiger charge is -2.60. The fraction of sp³-hybridized carbons (Fsp3) is 0.652. The number of para-hydroxylation sites is 1. The van der Waals surface area contributed by atoms with E-state index in [1.165, 1.54) is 0 Å². The van der Waals surface area contributed by atoms with Crippen LogP contribution in [0.3, 0.4) is 0 Å². The van der Waals surface area contributed by atoms with Crippen molar-refractivity contribution in [1.82, 2.24) is 10.2 Å². The van der Waals surface area contributed by atoms with Crippen LogP contribution in [0.4, 0.5) is 0 Å². The Hall–Kier alpha value is -2.08. The van der Waals surface area contributed by atoms with Crippen LogP contribution in [0.25, 0.3) is 0 Å². The van der Waals surface area contributed by atoms with Gasteiger partial charge < -0.3 is 19.7 Å². The predicted molar refractivity (Wildman–Crippen MR) is 107 cm³/mol. The summed E-state index contributed by atoms with van der Waals surface area (Å²) in [5, 5.41) is 3.19. The number of ether oxygens (including phenoxy) is 2. The van der Waals surface area contributed by atoms with Crippen molar-refractivity contribution < 1.29 is 19.1 Å².